The SMILES string of the molecule is CC(=O)Nc1cccc(N=Nc2ccc(NC(C)=O)cc2O)c1. The quantitative estimate of drug-likeness (QED) is 0.749. The molecule has 2 rings (SSSR count). The van der Waals surface area contributed by atoms with Gasteiger partial charge < -0.3 is 15.7 Å². The molecule has 0 atom stereocenters. The fourth-order valence-corrected chi connectivity index (χ4v) is 1.85. The van der Waals surface area contributed by atoms with Crippen LogP contribution in [0.15, 0.2) is 52.7 Å². The summed E-state index contributed by atoms with van der Waals surface area (Å²) < 4.78 is 0. The number of aromatic hydroxyl groups is 1. The number of nitrogens with zero attached hydrogens (tertiary/aromatic N) is 2. The van der Waals surface area contributed by atoms with Crippen LogP contribution >= 0.6 is 0 Å². The number of nitrogens with one attached hydrogen (secondary N) is 2. The zero-order valence-electron chi connectivity index (χ0n) is 12.7. The molecule has 2 aromatic carbocycles. The van der Waals surface area contributed by atoms with Crippen molar-refractivity contribution in [3.05, 3.63) is 42.5 Å². The summed E-state index contributed by atoms with van der Waals surface area (Å²) in [5.74, 6) is -0.503. The second-order valence-corrected chi connectivity index (χ2v) is 4.82. The highest BCUT2D eigenvalue weighted by Crippen LogP contribution is 2.31. The van der Waals surface area contributed by atoms with E-state index in [0.29, 0.717) is 17.1 Å². The number of amides is 2. The Morgan fingerprint density at radius 1 is 0.913 bits per heavy atom. The van der Waals surface area contributed by atoms with E-state index in [1.165, 1.54) is 19.9 Å². The van der Waals surface area contributed by atoms with E-state index in [1.54, 1.807) is 36.4 Å². The van der Waals surface area contributed by atoms with Crippen LogP contribution in [0.1, 0.15) is 13.8 Å². The van der Waals surface area contributed by atoms with Gasteiger partial charge in [0, 0.05) is 31.3 Å². The Morgan fingerprint density at radius 3 is 2.17 bits per heavy atom. The predicted molar refractivity (Wildman–Crippen MR) is 87.3 cm³/mol. The molecule has 2 amide bonds. The Balaban J connectivity index is 2.16. The number of anilines is 2. The number of carbonyl (C=O) groups excluding carboxylic acids is 2. The van der Waals surface area contributed by atoms with Crippen LogP contribution in [0.3, 0.4) is 0 Å². The van der Waals surface area contributed by atoms with Gasteiger partial charge in [-0.15, -0.1) is 5.11 Å². The van der Waals surface area contributed by atoms with Gasteiger partial charge in [-0.3, -0.25) is 9.59 Å². The molecule has 3 N–H and O–H groups in total. The Kier molecular flexibility index (Phi) is 5.03. The minimum atomic E-state index is -0.228. The average molecular weight is 312 g/mol. The minimum absolute atomic E-state index is 0.0991. The van der Waals surface area contributed by atoms with E-state index >= 15 is 0 Å². The van der Waals surface area contributed by atoms with Crippen LogP contribution in [-0.4, -0.2) is 16.9 Å². The lowest BCUT2D eigenvalue weighted by atomic mass is 10.2. The number of hydrogen-bond donors (Lipinski definition) is 3. The standard InChI is InChI=1S/C16H16N4O3/c1-10(21)17-12-4-3-5-14(8-12)19-20-15-7-6-13(9-16(15)23)18-11(2)22/h3-9,23H,1-2H3,(H,17,21)(H,18,22). The first-order valence-corrected chi connectivity index (χ1v) is 6.84. The number of hydrogen-bond acceptors (Lipinski definition) is 5. The molecule has 2 aromatic rings. The van der Waals surface area contributed by atoms with E-state index in [2.05, 4.69) is 20.9 Å². The molecule has 7 nitrogen and oxygen atoms in total. The smallest absolute Gasteiger partial charge is 0.221 e. The van der Waals surface area contributed by atoms with Gasteiger partial charge in [-0.25, -0.2) is 0 Å². The third-order valence-electron chi connectivity index (χ3n) is 2.74. The molecule has 0 fully saturated rings. The molecule has 0 spiro atoms. The first kappa shape index (κ1) is 16.2. The molecule has 0 aromatic heterocycles. The third kappa shape index (κ3) is 4.92. The fourth-order valence-electron chi connectivity index (χ4n) is 1.85. The highest BCUT2D eigenvalue weighted by Gasteiger charge is 2.03. The minimum Gasteiger partial charge on any atom is -0.506 e. The summed E-state index contributed by atoms with van der Waals surface area (Å²) in [4.78, 5) is 22.0. The van der Waals surface area contributed by atoms with Gasteiger partial charge in [0.25, 0.3) is 0 Å². The molecule has 7 heteroatoms. The van der Waals surface area contributed by atoms with Crippen molar-refractivity contribution in [3.8, 4) is 5.75 Å². The lowest BCUT2D eigenvalue weighted by molar-refractivity contribution is -0.115. The molecular formula is C16H16N4O3. The van der Waals surface area contributed by atoms with Gasteiger partial charge in [0.15, 0.2) is 0 Å². The zero-order valence-corrected chi connectivity index (χ0v) is 12.7. The number of benzene rings is 2. The molecule has 0 unspecified atom stereocenters. The summed E-state index contributed by atoms with van der Waals surface area (Å²) in [6, 6.07) is 11.4. The van der Waals surface area contributed by atoms with Gasteiger partial charge in [0.1, 0.15) is 11.4 Å². The van der Waals surface area contributed by atoms with Gasteiger partial charge in [0.05, 0.1) is 5.69 Å². The van der Waals surface area contributed by atoms with Crippen LogP contribution in [0.25, 0.3) is 0 Å². The van der Waals surface area contributed by atoms with Gasteiger partial charge in [-0.05, 0) is 30.3 Å². The maximum atomic E-state index is 11.0. The number of rotatable bonds is 4. The molecule has 0 aliphatic heterocycles. The summed E-state index contributed by atoms with van der Waals surface area (Å²) in [5, 5.41) is 23.1. The van der Waals surface area contributed by atoms with Gasteiger partial charge in [-0.2, -0.15) is 5.11 Å². The number of phenols is 1. The third-order valence-corrected chi connectivity index (χ3v) is 2.74. The Hall–Kier alpha value is -3.22. The van der Waals surface area contributed by atoms with Gasteiger partial charge >= 0.3 is 0 Å². The summed E-state index contributed by atoms with van der Waals surface area (Å²) in [6.07, 6.45) is 0. The van der Waals surface area contributed by atoms with Crippen molar-refractivity contribution in [2.45, 2.75) is 13.8 Å². The Bertz CT molecular complexity index is 772. The molecule has 0 bridgehead atoms. The van der Waals surface area contributed by atoms with E-state index in [9.17, 15) is 14.7 Å². The van der Waals surface area contributed by atoms with Crippen molar-refractivity contribution in [1.82, 2.24) is 0 Å². The van der Waals surface area contributed by atoms with Crippen LogP contribution in [0.2, 0.25) is 0 Å². The van der Waals surface area contributed by atoms with E-state index in [0.717, 1.165) is 0 Å². The zero-order chi connectivity index (χ0) is 16.8. The van der Waals surface area contributed by atoms with Gasteiger partial charge in [-0.1, -0.05) is 6.07 Å². The monoisotopic (exact) mass is 312 g/mol. The molecule has 118 valence electrons. The van der Waals surface area contributed by atoms with Crippen molar-refractivity contribution in [3.63, 3.8) is 0 Å². The number of phenolic OH excluding ortho intramolecular Hbond substituents is 1. The lowest BCUT2D eigenvalue weighted by Crippen LogP contribution is -2.05. The Morgan fingerprint density at radius 2 is 1.57 bits per heavy atom. The predicted octanol–water partition coefficient (Wildman–Crippen LogP) is 3.72. The average Bonchev–Trinajstić information content (AvgIpc) is 2.45. The lowest BCUT2D eigenvalue weighted by Gasteiger charge is -2.04. The number of azo groups is 1. The van der Waals surface area contributed by atoms with E-state index in [1.807, 2.05) is 0 Å². The molecular weight excluding hydrogens is 296 g/mol. The largest absolute Gasteiger partial charge is 0.506 e. The first-order chi connectivity index (χ1) is 10.9. The van der Waals surface area contributed by atoms with Crippen LogP contribution in [0, 0.1) is 0 Å². The van der Waals surface area contributed by atoms with Crippen molar-refractivity contribution in [2.75, 3.05) is 10.6 Å². The maximum Gasteiger partial charge on any atom is 0.221 e. The number of carbonyl (C=O) groups is 2. The van der Waals surface area contributed by atoms with Crippen LogP contribution < -0.4 is 10.6 Å². The molecule has 0 aliphatic carbocycles. The van der Waals surface area contributed by atoms with Crippen molar-refractivity contribution in [2.24, 2.45) is 10.2 Å². The summed E-state index contributed by atoms with van der Waals surface area (Å²) >= 11 is 0. The molecule has 0 aliphatic rings. The molecule has 0 saturated heterocycles. The highest BCUT2D eigenvalue weighted by molar-refractivity contribution is 5.89. The second kappa shape index (κ2) is 7.17. The second-order valence-electron chi connectivity index (χ2n) is 4.82. The fraction of sp³-hybridized carbons (Fsp3) is 0.125. The first-order valence-electron chi connectivity index (χ1n) is 6.84. The van der Waals surface area contributed by atoms with Crippen LogP contribution in [0.4, 0.5) is 22.7 Å². The summed E-state index contributed by atoms with van der Waals surface area (Å²) in [5.41, 5.74) is 1.88. The normalized spacial score (nSPS) is 10.5. The maximum absolute atomic E-state index is 11.0. The van der Waals surface area contributed by atoms with E-state index in [4.69, 9.17) is 0 Å². The molecule has 0 saturated carbocycles. The van der Waals surface area contributed by atoms with E-state index in [-0.39, 0.29) is 23.3 Å². The molecule has 0 radical (unpaired) electrons. The highest BCUT2D eigenvalue weighted by atomic mass is 16.3. The van der Waals surface area contributed by atoms with Crippen molar-refractivity contribution < 1.29 is 14.7 Å². The topological polar surface area (TPSA) is 103 Å². The van der Waals surface area contributed by atoms with E-state index < -0.39 is 0 Å². The Labute approximate surface area is 133 Å². The van der Waals surface area contributed by atoms with Gasteiger partial charge in [0.2, 0.25) is 11.8 Å². The summed E-state index contributed by atoms with van der Waals surface area (Å²) in [6.45, 7) is 2.80. The van der Waals surface area contributed by atoms with Crippen LogP contribution in [0.5, 0.6) is 5.75 Å². The molecule has 0 heterocycles. The molecule has 23 heavy (non-hydrogen) atoms. The summed E-state index contributed by atoms with van der Waals surface area (Å²) in [7, 11) is 0. The van der Waals surface area contributed by atoms with Crippen molar-refractivity contribution in [1.29, 1.82) is 0 Å². The van der Waals surface area contributed by atoms with Crippen molar-refractivity contribution >= 4 is 34.6 Å². The van der Waals surface area contributed by atoms with Crippen LogP contribution in [-0.2, 0) is 9.59 Å².